The molecule has 0 aliphatic carbocycles. The van der Waals surface area contributed by atoms with Crippen molar-refractivity contribution in [1.82, 2.24) is 4.90 Å². The van der Waals surface area contributed by atoms with E-state index < -0.39 is 0 Å². The molecular formula is C19H21N5O. The summed E-state index contributed by atoms with van der Waals surface area (Å²) in [7, 11) is 0. The van der Waals surface area contributed by atoms with Gasteiger partial charge in [0.15, 0.2) is 5.57 Å². The number of anilines is 1. The Morgan fingerprint density at radius 3 is 2.16 bits per heavy atom. The van der Waals surface area contributed by atoms with Gasteiger partial charge in [-0.25, -0.2) is 0 Å². The highest BCUT2D eigenvalue weighted by molar-refractivity contribution is 5.58. The summed E-state index contributed by atoms with van der Waals surface area (Å²) in [5.74, 6) is 0.753. The van der Waals surface area contributed by atoms with Crippen LogP contribution in [0.5, 0.6) is 5.75 Å². The number of ether oxygens (including phenoxy) is 1. The second-order valence-corrected chi connectivity index (χ2v) is 5.84. The van der Waals surface area contributed by atoms with E-state index in [2.05, 4.69) is 10.2 Å². The molecule has 0 spiro atoms. The molecule has 1 fully saturated rings. The van der Waals surface area contributed by atoms with Gasteiger partial charge in [0, 0.05) is 12.2 Å². The average Bonchev–Trinajstić information content (AvgIpc) is 2.92. The minimum atomic E-state index is -0.236. The van der Waals surface area contributed by atoms with Crippen molar-refractivity contribution in [3.63, 3.8) is 0 Å². The van der Waals surface area contributed by atoms with E-state index in [-0.39, 0.29) is 11.3 Å². The Kier molecular flexibility index (Phi) is 7.32. The molecule has 0 unspecified atom stereocenters. The summed E-state index contributed by atoms with van der Waals surface area (Å²) in [6, 6.07) is 12.4. The van der Waals surface area contributed by atoms with Crippen molar-refractivity contribution >= 4 is 5.69 Å². The summed E-state index contributed by atoms with van der Waals surface area (Å²) < 4.78 is 5.77. The van der Waals surface area contributed by atoms with Crippen LogP contribution in [-0.4, -0.2) is 31.1 Å². The van der Waals surface area contributed by atoms with Crippen molar-refractivity contribution in [2.75, 3.05) is 31.6 Å². The molecule has 2 rings (SSSR count). The first-order chi connectivity index (χ1) is 12.3. The van der Waals surface area contributed by atoms with E-state index in [1.165, 1.54) is 25.7 Å². The highest BCUT2D eigenvalue weighted by atomic mass is 16.5. The summed E-state index contributed by atoms with van der Waals surface area (Å²) in [4.78, 5) is 2.44. The van der Waals surface area contributed by atoms with E-state index in [0.29, 0.717) is 12.3 Å². The zero-order valence-corrected chi connectivity index (χ0v) is 14.2. The molecule has 0 saturated carbocycles. The number of rotatable bonds is 6. The second-order valence-electron chi connectivity index (χ2n) is 5.84. The highest BCUT2D eigenvalue weighted by Crippen LogP contribution is 2.18. The Labute approximate surface area is 148 Å². The normalized spacial score (nSPS) is 14.3. The van der Waals surface area contributed by atoms with Crippen LogP contribution in [0.3, 0.4) is 0 Å². The molecule has 1 saturated heterocycles. The van der Waals surface area contributed by atoms with Gasteiger partial charge in [0.05, 0.1) is 0 Å². The maximum absolute atomic E-state index is 9.03. The van der Waals surface area contributed by atoms with E-state index >= 15 is 0 Å². The molecule has 0 aromatic heterocycles. The Morgan fingerprint density at radius 1 is 0.960 bits per heavy atom. The summed E-state index contributed by atoms with van der Waals surface area (Å²) in [6.45, 7) is 3.86. The fourth-order valence-electron chi connectivity index (χ4n) is 2.71. The molecule has 0 atom stereocenters. The Morgan fingerprint density at radius 2 is 1.60 bits per heavy atom. The number of benzene rings is 1. The first kappa shape index (κ1) is 18.3. The van der Waals surface area contributed by atoms with Gasteiger partial charge in [-0.15, -0.1) is 0 Å². The summed E-state index contributed by atoms with van der Waals surface area (Å²) in [5.41, 5.74) is 0.333. The summed E-state index contributed by atoms with van der Waals surface area (Å²) in [5, 5.41) is 29.5. The Bertz CT molecular complexity index is 694. The quantitative estimate of drug-likeness (QED) is 0.802. The average molecular weight is 335 g/mol. The van der Waals surface area contributed by atoms with Gasteiger partial charge >= 0.3 is 0 Å². The van der Waals surface area contributed by atoms with Gasteiger partial charge in [-0.05, 0) is 50.2 Å². The molecule has 25 heavy (non-hydrogen) atoms. The van der Waals surface area contributed by atoms with Gasteiger partial charge in [-0.3, -0.25) is 4.90 Å². The smallest absolute Gasteiger partial charge is 0.163 e. The lowest BCUT2D eigenvalue weighted by molar-refractivity contribution is 0.214. The third-order valence-corrected chi connectivity index (χ3v) is 4.08. The first-order valence-electron chi connectivity index (χ1n) is 8.43. The standard InChI is InChI=1S/C19H21N5O/c20-13-16(14-21)19(15-22)23-17-5-7-18(8-6-17)25-12-11-24-9-3-1-2-4-10-24/h5-8,23H,1-4,9-12H2. The predicted octanol–water partition coefficient (Wildman–Crippen LogP) is 3.18. The van der Waals surface area contributed by atoms with E-state index in [1.54, 1.807) is 36.4 Å². The molecule has 1 aromatic carbocycles. The molecule has 1 heterocycles. The maximum Gasteiger partial charge on any atom is 0.163 e. The molecule has 1 aliphatic rings. The van der Waals surface area contributed by atoms with E-state index in [4.69, 9.17) is 20.5 Å². The molecule has 1 aliphatic heterocycles. The van der Waals surface area contributed by atoms with Crippen molar-refractivity contribution in [1.29, 1.82) is 15.8 Å². The van der Waals surface area contributed by atoms with Crippen LogP contribution in [0.2, 0.25) is 0 Å². The van der Waals surface area contributed by atoms with Crippen LogP contribution < -0.4 is 10.1 Å². The van der Waals surface area contributed by atoms with Gasteiger partial charge in [-0.2, -0.15) is 15.8 Å². The SMILES string of the molecule is N#CC(C#N)=C(C#N)Nc1ccc(OCCN2CCCCCC2)cc1. The zero-order valence-electron chi connectivity index (χ0n) is 14.2. The number of hydrogen-bond acceptors (Lipinski definition) is 6. The third kappa shape index (κ3) is 5.84. The van der Waals surface area contributed by atoms with Gasteiger partial charge < -0.3 is 10.1 Å². The summed E-state index contributed by atoms with van der Waals surface area (Å²) >= 11 is 0. The Balaban J connectivity index is 1.85. The molecular weight excluding hydrogens is 314 g/mol. The third-order valence-electron chi connectivity index (χ3n) is 4.08. The fourth-order valence-corrected chi connectivity index (χ4v) is 2.71. The minimum Gasteiger partial charge on any atom is -0.492 e. The molecule has 0 radical (unpaired) electrons. The van der Waals surface area contributed by atoms with Crippen LogP contribution in [0.25, 0.3) is 0 Å². The van der Waals surface area contributed by atoms with Crippen molar-refractivity contribution < 1.29 is 4.74 Å². The molecule has 6 heteroatoms. The number of nitriles is 3. The summed E-state index contributed by atoms with van der Waals surface area (Å²) in [6.07, 6.45) is 5.18. The zero-order chi connectivity index (χ0) is 17.9. The van der Waals surface area contributed by atoms with Gasteiger partial charge in [0.1, 0.15) is 36.3 Å². The number of allylic oxidation sites excluding steroid dienone is 2. The highest BCUT2D eigenvalue weighted by Gasteiger charge is 2.09. The van der Waals surface area contributed by atoms with Crippen molar-refractivity contribution in [3.8, 4) is 24.0 Å². The van der Waals surface area contributed by atoms with Crippen LogP contribution in [0.1, 0.15) is 25.7 Å². The van der Waals surface area contributed by atoms with Crippen molar-refractivity contribution in [2.45, 2.75) is 25.7 Å². The molecule has 0 amide bonds. The van der Waals surface area contributed by atoms with Gasteiger partial charge in [0.25, 0.3) is 0 Å². The number of hydrogen-bond donors (Lipinski definition) is 1. The largest absolute Gasteiger partial charge is 0.492 e. The van der Waals surface area contributed by atoms with Crippen LogP contribution in [-0.2, 0) is 0 Å². The van der Waals surface area contributed by atoms with E-state index in [1.807, 2.05) is 6.07 Å². The molecule has 1 aromatic rings. The lowest BCUT2D eigenvalue weighted by Gasteiger charge is -2.19. The second kappa shape index (κ2) is 9.98. The number of nitrogens with one attached hydrogen (secondary N) is 1. The number of likely N-dealkylation sites (tertiary alicyclic amines) is 1. The van der Waals surface area contributed by atoms with Crippen LogP contribution in [0.4, 0.5) is 5.69 Å². The van der Waals surface area contributed by atoms with Crippen LogP contribution in [0.15, 0.2) is 35.5 Å². The monoisotopic (exact) mass is 335 g/mol. The molecule has 1 N–H and O–H groups in total. The van der Waals surface area contributed by atoms with Crippen molar-refractivity contribution in [3.05, 3.63) is 35.5 Å². The number of nitrogens with zero attached hydrogens (tertiary/aromatic N) is 4. The lowest BCUT2D eigenvalue weighted by atomic mass is 10.2. The first-order valence-corrected chi connectivity index (χ1v) is 8.43. The topological polar surface area (TPSA) is 95.9 Å². The van der Waals surface area contributed by atoms with Crippen LogP contribution in [0, 0.1) is 34.0 Å². The minimum absolute atomic E-state index is 0.0557. The fraction of sp³-hybridized carbons (Fsp3) is 0.421. The lowest BCUT2D eigenvalue weighted by Crippen LogP contribution is -2.29. The molecule has 6 nitrogen and oxygen atoms in total. The molecule has 0 bridgehead atoms. The van der Waals surface area contributed by atoms with Gasteiger partial charge in [0.2, 0.25) is 0 Å². The van der Waals surface area contributed by atoms with Gasteiger partial charge in [-0.1, -0.05) is 12.8 Å². The predicted molar refractivity (Wildman–Crippen MR) is 94.3 cm³/mol. The Hall–Kier alpha value is -3.01. The van der Waals surface area contributed by atoms with Crippen molar-refractivity contribution in [2.24, 2.45) is 0 Å². The van der Waals surface area contributed by atoms with E-state index in [9.17, 15) is 0 Å². The van der Waals surface area contributed by atoms with Crippen LogP contribution >= 0.6 is 0 Å². The molecule has 128 valence electrons. The van der Waals surface area contributed by atoms with E-state index in [0.717, 1.165) is 25.4 Å². The maximum atomic E-state index is 9.03.